The van der Waals surface area contributed by atoms with Gasteiger partial charge in [-0.05, 0) is 38.5 Å². The molecule has 0 atom stereocenters. The molecule has 0 saturated carbocycles. The molecule has 0 aliphatic heterocycles. The number of anilines is 1. The first-order chi connectivity index (χ1) is 9.26. The highest BCUT2D eigenvalue weighted by Crippen LogP contribution is 2.22. The van der Waals surface area contributed by atoms with Gasteiger partial charge in [-0.15, -0.1) is 0 Å². The van der Waals surface area contributed by atoms with Crippen LogP contribution in [0.3, 0.4) is 0 Å². The van der Waals surface area contributed by atoms with Gasteiger partial charge in [0.1, 0.15) is 5.60 Å². The summed E-state index contributed by atoms with van der Waals surface area (Å²) in [7, 11) is 1.31. The van der Waals surface area contributed by atoms with Gasteiger partial charge in [-0.25, -0.2) is 9.59 Å². The largest absolute Gasteiger partial charge is 0.465 e. The van der Waals surface area contributed by atoms with E-state index in [1.807, 2.05) is 0 Å². The highest BCUT2D eigenvalue weighted by Gasteiger charge is 2.18. The molecule has 1 aromatic rings. The van der Waals surface area contributed by atoms with E-state index in [1.54, 1.807) is 39.0 Å². The predicted octanol–water partition coefficient (Wildman–Crippen LogP) is 3.72. The molecule has 0 spiro atoms. The molecule has 0 bridgehead atoms. The number of carbonyl (C=O) groups excluding carboxylic acids is 2. The molecule has 1 amide bonds. The van der Waals surface area contributed by atoms with Gasteiger partial charge in [0, 0.05) is 11.0 Å². The van der Waals surface area contributed by atoms with Crippen LogP contribution in [-0.2, 0) is 14.8 Å². The Morgan fingerprint density at radius 1 is 1.30 bits per heavy atom. The molecule has 0 heterocycles. The summed E-state index contributed by atoms with van der Waals surface area (Å²) in [6.07, 6.45) is -0.568. The fourth-order valence-corrected chi connectivity index (χ4v) is 1.96. The van der Waals surface area contributed by atoms with Crippen LogP contribution < -0.4 is 5.32 Å². The Kier molecular flexibility index (Phi) is 5.56. The van der Waals surface area contributed by atoms with Gasteiger partial charge in [0.2, 0.25) is 0 Å². The molecule has 0 aliphatic carbocycles. The van der Waals surface area contributed by atoms with Crippen LogP contribution in [0.25, 0.3) is 0 Å². The molecule has 5 nitrogen and oxygen atoms in total. The topological polar surface area (TPSA) is 64.6 Å². The van der Waals surface area contributed by atoms with Crippen molar-refractivity contribution in [2.75, 3.05) is 12.4 Å². The lowest BCUT2D eigenvalue weighted by Crippen LogP contribution is -2.27. The predicted molar refractivity (Wildman–Crippen MR) is 80.3 cm³/mol. The van der Waals surface area contributed by atoms with Gasteiger partial charge < -0.3 is 9.47 Å². The van der Waals surface area contributed by atoms with Gasteiger partial charge in [-0.1, -0.05) is 22.0 Å². The summed E-state index contributed by atoms with van der Waals surface area (Å²) >= 11 is 3.33. The monoisotopic (exact) mass is 343 g/mol. The molecule has 6 heteroatoms. The average Bonchev–Trinajstić information content (AvgIpc) is 2.35. The lowest BCUT2D eigenvalue weighted by atomic mass is 10.1. The Labute approximate surface area is 126 Å². The number of amides is 1. The Balaban J connectivity index is 2.97. The van der Waals surface area contributed by atoms with Gasteiger partial charge in [0.25, 0.3) is 0 Å². The first-order valence-electron chi connectivity index (χ1n) is 6.04. The van der Waals surface area contributed by atoms with Crippen molar-refractivity contribution in [2.45, 2.75) is 31.7 Å². The number of ether oxygens (including phenoxy) is 2. The van der Waals surface area contributed by atoms with Gasteiger partial charge in [0.15, 0.2) is 0 Å². The molecule has 0 unspecified atom stereocenters. The zero-order valence-corrected chi connectivity index (χ0v) is 13.5. The lowest BCUT2D eigenvalue weighted by Gasteiger charge is -2.20. The number of methoxy groups -OCH3 is 1. The second-order valence-electron chi connectivity index (χ2n) is 5.12. The number of hydrogen-bond acceptors (Lipinski definition) is 4. The maximum absolute atomic E-state index is 11.8. The SMILES string of the molecule is COC(=O)c1ccc(CBr)c(NC(=O)OC(C)(C)C)c1. The Morgan fingerprint density at radius 2 is 1.95 bits per heavy atom. The van der Waals surface area contributed by atoms with Crippen molar-refractivity contribution in [3.8, 4) is 0 Å². The van der Waals surface area contributed by atoms with Crippen molar-refractivity contribution in [1.82, 2.24) is 0 Å². The molecule has 0 aliphatic rings. The number of esters is 1. The van der Waals surface area contributed by atoms with Crippen molar-refractivity contribution in [3.05, 3.63) is 29.3 Å². The third kappa shape index (κ3) is 4.85. The number of alkyl halides is 1. The number of rotatable bonds is 3. The zero-order valence-electron chi connectivity index (χ0n) is 12.0. The van der Waals surface area contributed by atoms with Crippen LogP contribution in [0.15, 0.2) is 18.2 Å². The Bertz CT molecular complexity index is 508. The van der Waals surface area contributed by atoms with Crippen LogP contribution in [0.4, 0.5) is 10.5 Å². The lowest BCUT2D eigenvalue weighted by molar-refractivity contribution is 0.0596. The highest BCUT2D eigenvalue weighted by molar-refractivity contribution is 9.08. The van der Waals surface area contributed by atoms with Crippen LogP contribution >= 0.6 is 15.9 Å². The first kappa shape index (κ1) is 16.5. The molecular weight excluding hydrogens is 326 g/mol. The summed E-state index contributed by atoms with van der Waals surface area (Å²) in [5, 5.41) is 3.18. The van der Waals surface area contributed by atoms with E-state index in [0.717, 1.165) is 5.56 Å². The van der Waals surface area contributed by atoms with Gasteiger partial charge in [0.05, 0.1) is 12.7 Å². The summed E-state index contributed by atoms with van der Waals surface area (Å²) in [4.78, 5) is 23.3. The molecule has 0 saturated heterocycles. The first-order valence-corrected chi connectivity index (χ1v) is 7.16. The Hall–Kier alpha value is -1.56. The van der Waals surface area contributed by atoms with Crippen LogP contribution in [0.2, 0.25) is 0 Å². The molecule has 110 valence electrons. The fraction of sp³-hybridized carbons (Fsp3) is 0.429. The fourth-order valence-electron chi connectivity index (χ4n) is 1.47. The standard InChI is InChI=1S/C14H18BrNO4/c1-14(2,3)20-13(18)16-11-7-9(12(17)19-4)5-6-10(11)8-15/h5-7H,8H2,1-4H3,(H,16,18). The van der Waals surface area contributed by atoms with Crippen LogP contribution in [0, 0.1) is 0 Å². The van der Waals surface area contributed by atoms with E-state index in [-0.39, 0.29) is 0 Å². The minimum atomic E-state index is -0.585. The van der Waals surface area contributed by atoms with Crippen molar-refractivity contribution in [1.29, 1.82) is 0 Å². The third-order valence-corrected chi connectivity index (χ3v) is 2.91. The van der Waals surface area contributed by atoms with Crippen LogP contribution in [0.1, 0.15) is 36.7 Å². The number of nitrogens with one attached hydrogen (secondary N) is 1. The molecule has 1 aromatic carbocycles. The van der Waals surface area contributed by atoms with E-state index in [1.165, 1.54) is 7.11 Å². The Morgan fingerprint density at radius 3 is 2.45 bits per heavy atom. The van der Waals surface area contributed by atoms with E-state index in [0.29, 0.717) is 16.6 Å². The van der Waals surface area contributed by atoms with Crippen molar-refractivity contribution >= 4 is 33.7 Å². The maximum Gasteiger partial charge on any atom is 0.412 e. The number of hydrogen-bond donors (Lipinski definition) is 1. The minimum absolute atomic E-state index is 0.364. The van der Waals surface area contributed by atoms with Crippen LogP contribution in [-0.4, -0.2) is 24.8 Å². The highest BCUT2D eigenvalue weighted by atomic mass is 79.9. The molecule has 20 heavy (non-hydrogen) atoms. The van der Waals surface area contributed by atoms with Gasteiger partial charge in [-0.3, -0.25) is 5.32 Å². The van der Waals surface area contributed by atoms with Crippen LogP contribution in [0.5, 0.6) is 0 Å². The van der Waals surface area contributed by atoms with E-state index in [4.69, 9.17) is 4.74 Å². The summed E-state index contributed by atoms with van der Waals surface area (Å²) in [6, 6.07) is 4.95. The van der Waals surface area contributed by atoms with E-state index >= 15 is 0 Å². The number of carbonyl (C=O) groups is 2. The normalized spacial score (nSPS) is 10.8. The molecule has 0 radical (unpaired) electrons. The van der Waals surface area contributed by atoms with E-state index < -0.39 is 17.7 Å². The third-order valence-electron chi connectivity index (χ3n) is 2.31. The summed E-state index contributed by atoms with van der Waals surface area (Å²) in [5.74, 6) is -0.460. The molecular formula is C14H18BrNO4. The molecule has 0 fully saturated rings. The summed E-state index contributed by atoms with van der Waals surface area (Å²) in [6.45, 7) is 5.34. The minimum Gasteiger partial charge on any atom is -0.465 e. The summed E-state index contributed by atoms with van der Waals surface area (Å²) < 4.78 is 9.84. The second-order valence-corrected chi connectivity index (χ2v) is 5.68. The average molecular weight is 344 g/mol. The number of halogens is 1. The quantitative estimate of drug-likeness (QED) is 0.671. The summed E-state index contributed by atoms with van der Waals surface area (Å²) in [5.41, 5.74) is 1.13. The zero-order chi connectivity index (χ0) is 15.3. The van der Waals surface area contributed by atoms with Crippen molar-refractivity contribution < 1.29 is 19.1 Å². The molecule has 0 aromatic heterocycles. The van der Waals surface area contributed by atoms with E-state index in [9.17, 15) is 9.59 Å². The smallest absolute Gasteiger partial charge is 0.412 e. The molecule has 1 rings (SSSR count). The van der Waals surface area contributed by atoms with Gasteiger partial charge >= 0.3 is 12.1 Å². The van der Waals surface area contributed by atoms with Gasteiger partial charge in [-0.2, -0.15) is 0 Å². The number of benzene rings is 1. The van der Waals surface area contributed by atoms with E-state index in [2.05, 4.69) is 26.0 Å². The van der Waals surface area contributed by atoms with Crippen molar-refractivity contribution in [3.63, 3.8) is 0 Å². The van der Waals surface area contributed by atoms with Crippen molar-refractivity contribution in [2.24, 2.45) is 0 Å². The molecule has 1 N–H and O–H groups in total. The second kappa shape index (κ2) is 6.74. The maximum atomic E-state index is 11.8.